The van der Waals surface area contributed by atoms with Gasteiger partial charge in [0, 0.05) is 17.6 Å². The van der Waals surface area contributed by atoms with Crippen LogP contribution in [0.2, 0.25) is 0 Å². The highest BCUT2D eigenvalue weighted by Gasteiger charge is 2.18. The van der Waals surface area contributed by atoms with Gasteiger partial charge in [-0.2, -0.15) is 5.26 Å². The van der Waals surface area contributed by atoms with E-state index in [9.17, 15) is 4.79 Å². The van der Waals surface area contributed by atoms with E-state index < -0.39 is 0 Å². The Hall–Kier alpha value is -1.34. The summed E-state index contributed by atoms with van der Waals surface area (Å²) >= 11 is 3.42. The first-order chi connectivity index (χ1) is 8.49. The van der Waals surface area contributed by atoms with E-state index in [0.717, 1.165) is 10.0 Å². The van der Waals surface area contributed by atoms with Crippen molar-refractivity contribution in [2.75, 3.05) is 13.1 Å². The summed E-state index contributed by atoms with van der Waals surface area (Å²) < 4.78 is 0.801. The lowest BCUT2D eigenvalue weighted by Gasteiger charge is -2.22. The van der Waals surface area contributed by atoms with E-state index in [4.69, 9.17) is 5.26 Å². The summed E-state index contributed by atoms with van der Waals surface area (Å²) in [6.07, 6.45) is 0. The molecule has 18 heavy (non-hydrogen) atoms. The predicted molar refractivity (Wildman–Crippen MR) is 75.2 cm³/mol. The van der Waals surface area contributed by atoms with Gasteiger partial charge >= 0.3 is 0 Å². The molecule has 96 valence electrons. The molecule has 3 nitrogen and oxygen atoms in total. The molecule has 0 radical (unpaired) electrons. The Bertz CT molecular complexity index is 479. The molecule has 1 unspecified atom stereocenters. The number of rotatable bonds is 4. The topological polar surface area (TPSA) is 44.1 Å². The first-order valence-electron chi connectivity index (χ1n) is 5.94. The van der Waals surface area contributed by atoms with Crippen molar-refractivity contribution in [2.24, 2.45) is 5.92 Å². The number of nitriles is 1. The summed E-state index contributed by atoms with van der Waals surface area (Å²) in [6, 6.07) is 7.82. The second-order valence-corrected chi connectivity index (χ2v) is 5.21. The van der Waals surface area contributed by atoms with Gasteiger partial charge in [0.15, 0.2) is 0 Å². The summed E-state index contributed by atoms with van der Waals surface area (Å²) in [6.45, 7) is 6.79. The van der Waals surface area contributed by atoms with Gasteiger partial charge in [-0.3, -0.25) is 4.79 Å². The van der Waals surface area contributed by atoms with Crippen molar-refractivity contribution in [3.63, 3.8) is 0 Å². The van der Waals surface area contributed by atoms with Gasteiger partial charge in [0.2, 0.25) is 0 Å². The summed E-state index contributed by atoms with van der Waals surface area (Å²) in [5.41, 5.74) is 1.75. The van der Waals surface area contributed by atoms with Crippen molar-refractivity contribution >= 4 is 21.8 Å². The van der Waals surface area contributed by atoms with Crippen LogP contribution < -0.4 is 0 Å². The lowest BCUT2D eigenvalue weighted by atomic mass is 10.1. The molecule has 0 aliphatic rings. The van der Waals surface area contributed by atoms with E-state index in [2.05, 4.69) is 22.0 Å². The van der Waals surface area contributed by atoms with Crippen LogP contribution in [-0.2, 0) is 0 Å². The number of benzene rings is 1. The van der Waals surface area contributed by atoms with Crippen molar-refractivity contribution in [1.82, 2.24) is 4.90 Å². The summed E-state index contributed by atoms with van der Waals surface area (Å²) in [5.74, 6) is -0.190. The molecule has 0 heterocycles. The van der Waals surface area contributed by atoms with Crippen LogP contribution in [-0.4, -0.2) is 23.9 Å². The molecule has 0 spiro atoms. The fraction of sp³-hybridized carbons (Fsp3) is 0.429. The highest BCUT2D eigenvalue weighted by molar-refractivity contribution is 9.10. The average Bonchev–Trinajstić information content (AvgIpc) is 2.34. The van der Waals surface area contributed by atoms with Crippen molar-refractivity contribution in [3.05, 3.63) is 33.8 Å². The van der Waals surface area contributed by atoms with Crippen LogP contribution in [0.15, 0.2) is 22.7 Å². The molecule has 4 heteroatoms. The molecule has 1 atom stereocenters. The first-order valence-corrected chi connectivity index (χ1v) is 6.74. The molecule has 0 saturated heterocycles. The molecule has 0 saturated carbocycles. The molecule has 0 aromatic heterocycles. The minimum absolute atomic E-state index is 0.0357. The summed E-state index contributed by atoms with van der Waals surface area (Å²) in [7, 11) is 0. The van der Waals surface area contributed by atoms with Crippen molar-refractivity contribution in [2.45, 2.75) is 20.8 Å². The number of amides is 1. The van der Waals surface area contributed by atoms with Gasteiger partial charge in [0.05, 0.1) is 17.6 Å². The Morgan fingerprint density at radius 1 is 1.56 bits per heavy atom. The standard InChI is InChI=1S/C14H17BrN2O/c1-4-17(9-11(3)8-16)14(18)12-6-5-10(2)7-13(12)15/h5-7,11H,4,9H2,1-3H3. The van der Waals surface area contributed by atoms with E-state index >= 15 is 0 Å². The number of hydrogen-bond donors (Lipinski definition) is 0. The van der Waals surface area contributed by atoms with Crippen molar-refractivity contribution < 1.29 is 4.79 Å². The minimum Gasteiger partial charge on any atom is -0.338 e. The maximum atomic E-state index is 12.3. The lowest BCUT2D eigenvalue weighted by Crippen LogP contribution is -2.34. The van der Waals surface area contributed by atoms with Gasteiger partial charge in [0.1, 0.15) is 0 Å². The van der Waals surface area contributed by atoms with Gasteiger partial charge in [-0.15, -0.1) is 0 Å². The van der Waals surface area contributed by atoms with Crippen LogP contribution >= 0.6 is 15.9 Å². The zero-order chi connectivity index (χ0) is 13.7. The smallest absolute Gasteiger partial charge is 0.255 e. The van der Waals surface area contributed by atoms with E-state index in [1.165, 1.54) is 0 Å². The molecule has 0 bridgehead atoms. The summed E-state index contributed by atoms with van der Waals surface area (Å²) in [4.78, 5) is 14.0. The second kappa shape index (κ2) is 6.55. The quantitative estimate of drug-likeness (QED) is 0.856. The van der Waals surface area contributed by atoms with Crippen LogP contribution in [0.4, 0.5) is 0 Å². The molecule has 0 aliphatic carbocycles. The normalized spacial score (nSPS) is 11.7. The maximum absolute atomic E-state index is 12.3. The largest absolute Gasteiger partial charge is 0.338 e. The Morgan fingerprint density at radius 3 is 2.72 bits per heavy atom. The van der Waals surface area contributed by atoms with Crippen molar-refractivity contribution in [3.8, 4) is 6.07 Å². The molecule has 0 aliphatic heterocycles. The van der Waals surface area contributed by atoms with Crippen LogP contribution in [0.3, 0.4) is 0 Å². The van der Waals surface area contributed by atoms with Gasteiger partial charge in [-0.1, -0.05) is 6.07 Å². The molecular weight excluding hydrogens is 292 g/mol. The third-order valence-corrected chi connectivity index (χ3v) is 3.39. The fourth-order valence-corrected chi connectivity index (χ4v) is 2.35. The number of carbonyl (C=O) groups is 1. The Labute approximate surface area is 117 Å². The molecule has 0 fully saturated rings. The van der Waals surface area contributed by atoms with Crippen LogP contribution in [0.1, 0.15) is 29.8 Å². The zero-order valence-corrected chi connectivity index (χ0v) is 12.5. The van der Waals surface area contributed by atoms with Crippen LogP contribution in [0, 0.1) is 24.2 Å². The number of hydrogen-bond acceptors (Lipinski definition) is 2. The Kier molecular flexibility index (Phi) is 5.36. The van der Waals surface area contributed by atoms with Gasteiger partial charge < -0.3 is 4.90 Å². The number of nitrogens with zero attached hydrogens (tertiary/aromatic N) is 2. The van der Waals surface area contributed by atoms with Crippen molar-refractivity contribution in [1.29, 1.82) is 5.26 Å². The molecule has 1 aromatic rings. The monoisotopic (exact) mass is 308 g/mol. The predicted octanol–water partition coefficient (Wildman–Crippen LogP) is 3.38. The SMILES string of the molecule is CCN(CC(C)C#N)C(=O)c1ccc(C)cc1Br. The molecule has 1 rings (SSSR count). The molecule has 1 amide bonds. The number of carbonyl (C=O) groups excluding carboxylic acids is 1. The molecule has 0 N–H and O–H groups in total. The van der Waals surface area contributed by atoms with E-state index in [1.54, 1.807) is 4.90 Å². The second-order valence-electron chi connectivity index (χ2n) is 4.36. The van der Waals surface area contributed by atoms with E-state index in [0.29, 0.717) is 18.7 Å². The lowest BCUT2D eigenvalue weighted by molar-refractivity contribution is 0.0752. The Morgan fingerprint density at radius 2 is 2.22 bits per heavy atom. The van der Waals surface area contributed by atoms with Gasteiger partial charge in [-0.25, -0.2) is 0 Å². The van der Waals surface area contributed by atoms with E-state index in [-0.39, 0.29) is 11.8 Å². The fourth-order valence-electron chi connectivity index (χ4n) is 1.69. The molecule has 1 aromatic carbocycles. The first kappa shape index (κ1) is 14.7. The van der Waals surface area contributed by atoms with Crippen LogP contribution in [0.5, 0.6) is 0 Å². The third kappa shape index (κ3) is 3.58. The number of aryl methyl sites for hydroxylation is 1. The third-order valence-electron chi connectivity index (χ3n) is 2.74. The minimum atomic E-state index is -0.155. The van der Waals surface area contributed by atoms with Crippen LogP contribution in [0.25, 0.3) is 0 Å². The van der Waals surface area contributed by atoms with E-state index in [1.807, 2.05) is 39.0 Å². The molecular formula is C14H17BrN2O. The highest BCUT2D eigenvalue weighted by Crippen LogP contribution is 2.20. The maximum Gasteiger partial charge on any atom is 0.255 e. The zero-order valence-electron chi connectivity index (χ0n) is 10.9. The highest BCUT2D eigenvalue weighted by atomic mass is 79.9. The average molecular weight is 309 g/mol. The Balaban J connectivity index is 2.94. The van der Waals surface area contributed by atoms with Gasteiger partial charge in [-0.05, 0) is 54.4 Å². The van der Waals surface area contributed by atoms with Gasteiger partial charge in [0.25, 0.3) is 5.91 Å². The number of halogens is 1. The summed E-state index contributed by atoms with van der Waals surface area (Å²) in [5, 5.41) is 8.83.